The molecule has 2 aliphatic heterocycles. The Labute approximate surface area is 115 Å². The molecule has 106 valence electrons. The summed E-state index contributed by atoms with van der Waals surface area (Å²) in [6, 6.07) is 0. The van der Waals surface area contributed by atoms with Gasteiger partial charge in [0, 0.05) is 26.0 Å². The Morgan fingerprint density at radius 3 is 3.17 bits per heavy atom. The van der Waals surface area contributed by atoms with Gasteiger partial charge in [0.25, 0.3) is 0 Å². The third-order valence-corrected chi connectivity index (χ3v) is 5.33. The molecule has 2 atom stereocenters. The standard InChI is InChI=1S/C14H27NO2S/c1-16-9-7-15-6-2-3-13-4-8-17-14(11-13)5-10-18-12-14/h13,15H,2-12H2,1H3. The molecular formula is C14H27NO2S. The van der Waals surface area contributed by atoms with Gasteiger partial charge in [0.1, 0.15) is 0 Å². The van der Waals surface area contributed by atoms with Gasteiger partial charge in [0.15, 0.2) is 0 Å². The first-order chi connectivity index (χ1) is 8.85. The summed E-state index contributed by atoms with van der Waals surface area (Å²) in [6.07, 6.45) is 6.50. The normalized spacial score (nSPS) is 32.2. The first kappa shape index (κ1) is 14.6. The second kappa shape index (κ2) is 7.73. The molecule has 0 aromatic heterocycles. The van der Waals surface area contributed by atoms with Gasteiger partial charge in [0.05, 0.1) is 12.2 Å². The van der Waals surface area contributed by atoms with Crippen LogP contribution < -0.4 is 5.32 Å². The number of methoxy groups -OCH3 is 1. The number of hydrogen-bond acceptors (Lipinski definition) is 4. The molecular weight excluding hydrogens is 246 g/mol. The molecule has 0 saturated carbocycles. The molecule has 18 heavy (non-hydrogen) atoms. The average Bonchev–Trinajstić information content (AvgIpc) is 2.82. The van der Waals surface area contributed by atoms with Crippen LogP contribution in [0.25, 0.3) is 0 Å². The predicted octanol–water partition coefficient (Wildman–Crippen LogP) is 2.30. The average molecular weight is 273 g/mol. The Morgan fingerprint density at radius 1 is 1.44 bits per heavy atom. The quantitative estimate of drug-likeness (QED) is 0.721. The lowest BCUT2D eigenvalue weighted by molar-refractivity contribution is -0.0807. The zero-order valence-corrected chi connectivity index (χ0v) is 12.4. The number of thioether (sulfide) groups is 1. The van der Waals surface area contributed by atoms with Crippen molar-refractivity contribution in [3.63, 3.8) is 0 Å². The van der Waals surface area contributed by atoms with Crippen LogP contribution in [0.1, 0.15) is 32.1 Å². The third kappa shape index (κ3) is 4.41. The molecule has 0 aromatic rings. The molecule has 0 radical (unpaired) electrons. The number of hydrogen-bond donors (Lipinski definition) is 1. The molecule has 2 saturated heterocycles. The van der Waals surface area contributed by atoms with Crippen LogP contribution in [0.5, 0.6) is 0 Å². The van der Waals surface area contributed by atoms with Crippen molar-refractivity contribution in [1.82, 2.24) is 5.32 Å². The zero-order valence-electron chi connectivity index (χ0n) is 11.6. The van der Waals surface area contributed by atoms with Crippen molar-refractivity contribution >= 4 is 11.8 Å². The van der Waals surface area contributed by atoms with E-state index in [9.17, 15) is 0 Å². The minimum atomic E-state index is 0.261. The highest BCUT2D eigenvalue weighted by molar-refractivity contribution is 7.99. The van der Waals surface area contributed by atoms with Crippen molar-refractivity contribution < 1.29 is 9.47 Å². The SMILES string of the molecule is COCCNCCCC1CCOC2(CCSC2)C1. The molecule has 2 rings (SSSR count). The molecule has 3 nitrogen and oxygen atoms in total. The second-order valence-corrected chi connectivity index (χ2v) is 6.68. The number of rotatable bonds is 7. The smallest absolute Gasteiger partial charge is 0.0783 e. The van der Waals surface area contributed by atoms with Gasteiger partial charge < -0.3 is 14.8 Å². The lowest BCUT2D eigenvalue weighted by Crippen LogP contribution is -2.40. The number of nitrogens with one attached hydrogen (secondary N) is 1. The predicted molar refractivity (Wildman–Crippen MR) is 77.3 cm³/mol. The lowest BCUT2D eigenvalue weighted by atomic mass is 9.83. The first-order valence-corrected chi connectivity index (χ1v) is 8.41. The van der Waals surface area contributed by atoms with Crippen molar-refractivity contribution in [2.24, 2.45) is 5.92 Å². The molecule has 2 fully saturated rings. The van der Waals surface area contributed by atoms with Gasteiger partial charge >= 0.3 is 0 Å². The maximum Gasteiger partial charge on any atom is 0.0783 e. The van der Waals surface area contributed by atoms with Gasteiger partial charge in [-0.1, -0.05) is 0 Å². The van der Waals surface area contributed by atoms with Crippen molar-refractivity contribution in [2.45, 2.75) is 37.7 Å². The van der Waals surface area contributed by atoms with Crippen LogP contribution in [0, 0.1) is 5.92 Å². The minimum absolute atomic E-state index is 0.261. The molecule has 0 bridgehead atoms. The maximum atomic E-state index is 6.06. The van der Waals surface area contributed by atoms with E-state index in [2.05, 4.69) is 17.1 Å². The Hall–Kier alpha value is 0.230. The van der Waals surface area contributed by atoms with Gasteiger partial charge in [-0.3, -0.25) is 0 Å². The Bertz CT molecular complexity index is 232. The minimum Gasteiger partial charge on any atom is -0.383 e. The van der Waals surface area contributed by atoms with E-state index in [0.717, 1.165) is 32.2 Å². The third-order valence-electron chi connectivity index (χ3n) is 4.11. The van der Waals surface area contributed by atoms with E-state index in [0.29, 0.717) is 0 Å². The van der Waals surface area contributed by atoms with Crippen molar-refractivity contribution in [2.75, 3.05) is 44.9 Å². The molecule has 0 amide bonds. The Morgan fingerprint density at radius 2 is 2.39 bits per heavy atom. The fourth-order valence-corrected chi connectivity index (χ4v) is 4.43. The molecule has 2 unspecified atom stereocenters. The lowest BCUT2D eigenvalue weighted by Gasteiger charge is -2.37. The summed E-state index contributed by atoms with van der Waals surface area (Å²) in [7, 11) is 1.75. The summed E-state index contributed by atoms with van der Waals surface area (Å²) in [5.74, 6) is 3.42. The second-order valence-electron chi connectivity index (χ2n) is 5.58. The summed E-state index contributed by atoms with van der Waals surface area (Å²) in [5, 5.41) is 3.43. The molecule has 4 heteroatoms. The Balaban J connectivity index is 1.58. The van der Waals surface area contributed by atoms with E-state index in [1.54, 1.807) is 7.11 Å². The molecule has 1 spiro atoms. The van der Waals surface area contributed by atoms with E-state index >= 15 is 0 Å². The fraction of sp³-hybridized carbons (Fsp3) is 1.00. The van der Waals surface area contributed by atoms with Gasteiger partial charge in [-0.2, -0.15) is 11.8 Å². The van der Waals surface area contributed by atoms with Crippen LogP contribution in [0.15, 0.2) is 0 Å². The highest BCUT2D eigenvalue weighted by atomic mass is 32.2. The van der Waals surface area contributed by atoms with Crippen molar-refractivity contribution in [3.05, 3.63) is 0 Å². The molecule has 2 heterocycles. The van der Waals surface area contributed by atoms with E-state index < -0.39 is 0 Å². The van der Waals surface area contributed by atoms with E-state index in [-0.39, 0.29) is 5.60 Å². The maximum absolute atomic E-state index is 6.06. The number of ether oxygens (including phenoxy) is 2. The van der Waals surface area contributed by atoms with Crippen LogP contribution >= 0.6 is 11.8 Å². The summed E-state index contributed by atoms with van der Waals surface area (Å²) in [6.45, 7) is 3.91. The monoisotopic (exact) mass is 273 g/mol. The fourth-order valence-electron chi connectivity index (χ4n) is 3.05. The first-order valence-electron chi connectivity index (χ1n) is 7.26. The zero-order chi connectivity index (χ0) is 12.7. The van der Waals surface area contributed by atoms with Crippen LogP contribution in [0.3, 0.4) is 0 Å². The summed E-state index contributed by atoms with van der Waals surface area (Å²) >= 11 is 2.07. The van der Waals surface area contributed by atoms with Gasteiger partial charge in [0.2, 0.25) is 0 Å². The molecule has 0 aliphatic carbocycles. The summed E-state index contributed by atoms with van der Waals surface area (Å²) in [4.78, 5) is 0. The Kier molecular flexibility index (Phi) is 6.29. The van der Waals surface area contributed by atoms with E-state index in [4.69, 9.17) is 9.47 Å². The molecule has 2 aliphatic rings. The van der Waals surface area contributed by atoms with Gasteiger partial charge in [-0.15, -0.1) is 0 Å². The highest BCUT2D eigenvalue weighted by Gasteiger charge is 2.39. The van der Waals surface area contributed by atoms with E-state index in [1.807, 2.05) is 0 Å². The molecule has 1 N–H and O–H groups in total. The molecule has 0 aromatic carbocycles. The van der Waals surface area contributed by atoms with Crippen LogP contribution in [0.4, 0.5) is 0 Å². The van der Waals surface area contributed by atoms with Gasteiger partial charge in [-0.05, 0) is 50.3 Å². The highest BCUT2D eigenvalue weighted by Crippen LogP contribution is 2.41. The largest absolute Gasteiger partial charge is 0.383 e. The topological polar surface area (TPSA) is 30.5 Å². The van der Waals surface area contributed by atoms with E-state index in [1.165, 1.54) is 43.6 Å². The van der Waals surface area contributed by atoms with Gasteiger partial charge in [-0.25, -0.2) is 0 Å². The van der Waals surface area contributed by atoms with Crippen LogP contribution in [-0.4, -0.2) is 50.5 Å². The van der Waals surface area contributed by atoms with Crippen molar-refractivity contribution in [3.8, 4) is 0 Å². The summed E-state index contributed by atoms with van der Waals surface area (Å²) in [5.41, 5.74) is 0.261. The van der Waals surface area contributed by atoms with Crippen molar-refractivity contribution in [1.29, 1.82) is 0 Å². The summed E-state index contributed by atoms with van der Waals surface area (Å²) < 4.78 is 11.1. The van der Waals surface area contributed by atoms with Crippen LogP contribution in [-0.2, 0) is 9.47 Å². The van der Waals surface area contributed by atoms with Crippen LogP contribution in [0.2, 0.25) is 0 Å².